The van der Waals surface area contributed by atoms with Crippen LogP contribution in [0.4, 0.5) is 0 Å². The van der Waals surface area contributed by atoms with E-state index in [0.717, 1.165) is 64.1 Å². The lowest BCUT2D eigenvalue weighted by Crippen LogP contribution is -2.55. The summed E-state index contributed by atoms with van der Waals surface area (Å²) in [5.74, 6) is 0.340. The Hall–Kier alpha value is -1.89. The molecule has 1 aromatic rings. The molecular formula is C19H29N5O2. The molecular weight excluding hydrogens is 330 g/mol. The number of aryl methyl sites for hydroxylation is 1. The number of rotatable bonds is 2. The monoisotopic (exact) mass is 359 g/mol. The Morgan fingerprint density at radius 1 is 1.27 bits per heavy atom. The van der Waals surface area contributed by atoms with Crippen LogP contribution in [0.3, 0.4) is 0 Å². The van der Waals surface area contributed by atoms with Crippen molar-refractivity contribution in [1.82, 2.24) is 24.9 Å². The minimum atomic E-state index is 0.0189. The lowest BCUT2D eigenvalue weighted by atomic mass is 9.72. The number of nitrogens with one attached hydrogen (secondary N) is 1. The van der Waals surface area contributed by atoms with Gasteiger partial charge in [0.2, 0.25) is 5.91 Å². The van der Waals surface area contributed by atoms with Crippen molar-refractivity contribution in [2.75, 3.05) is 39.8 Å². The van der Waals surface area contributed by atoms with Gasteiger partial charge in [-0.1, -0.05) is 0 Å². The van der Waals surface area contributed by atoms with Gasteiger partial charge in [-0.3, -0.25) is 14.7 Å². The molecule has 0 saturated carbocycles. The molecule has 1 spiro atoms. The molecule has 4 heterocycles. The van der Waals surface area contributed by atoms with E-state index in [0.29, 0.717) is 24.1 Å². The fraction of sp³-hybridized carbons (Fsp3) is 0.737. The number of piperidine rings is 2. The summed E-state index contributed by atoms with van der Waals surface area (Å²) < 4.78 is 0. The molecule has 0 aromatic carbocycles. The second-order valence-corrected chi connectivity index (χ2v) is 8.45. The first kappa shape index (κ1) is 17.5. The van der Waals surface area contributed by atoms with E-state index >= 15 is 0 Å². The summed E-state index contributed by atoms with van der Waals surface area (Å²) in [5.41, 5.74) is 1.60. The molecule has 0 bridgehead atoms. The quantitative estimate of drug-likeness (QED) is 0.863. The minimum Gasteiger partial charge on any atom is -0.338 e. The van der Waals surface area contributed by atoms with Crippen LogP contribution >= 0.6 is 0 Å². The van der Waals surface area contributed by atoms with Crippen molar-refractivity contribution >= 4 is 11.8 Å². The first-order valence-corrected chi connectivity index (χ1v) is 9.75. The molecule has 4 rings (SSSR count). The van der Waals surface area contributed by atoms with E-state index in [1.807, 2.05) is 17.9 Å². The summed E-state index contributed by atoms with van der Waals surface area (Å²) >= 11 is 0. The van der Waals surface area contributed by atoms with Crippen molar-refractivity contribution in [3.05, 3.63) is 17.5 Å². The highest BCUT2D eigenvalue weighted by molar-refractivity contribution is 5.92. The molecule has 0 unspecified atom stereocenters. The lowest BCUT2D eigenvalue weighted by molar-refractivity contribution is -0.141. The number of hydrogen-bond acceptors (Lipinski definition) is 4. The van der Waals surface area contributed by atoms with Crippen LogP contribution in [0.1, 0.15) is 48.3 Å². The maximum Gasteiger partial charge on any atom is 0.274 e. The zero-order valence-electron chi connectivity index (χ0n) is 15.8. The molecule has 3 saturated heterocycles. The molecule has 3 fully saturated rings. The van der Waals surface area contributed by atoms with Crippen LogP contribution in [0, 0.1) is 12.3 Å². The molecule has 0 radical (unpaired) electrons. The van der Waals surface area contributed by atoms with Crippen molar-refractivity contribution in [2.45, 2.75) is 45.1 Å². The second kappa shape index (κ2) is 6.68. The summed E-state index contributed by atoms with van der Waals surface area (Å²) in [6.45, 7) is 6.36. The van der Waals surface area contributed by atoms with Gasteiger partial charge in [0.15, 0.2) is 0 Å². The predicted octanol–water partition coefficient (Wildman–Crippen LogP) is 1.27. The minimum absolute atomic E-state index is 0.0189. The molecule has 1 aromatic heterocycles. The molecule has 0 aliphatic carbocycles. The number of nitrogens with zero attached hydrogens (tertiary/aromatic N) is 4. The zero-order valence-corrected chi connectivity index (χ0v) is 15.8. The average Bonchev–Trinajstić information content (AvgIpc) is 3.26. The Morgan fingerprint density at radius 3 is 2.65 bits per heavy atom. The Bertz CT molecular complexity index is 692. The maximum atomic E-state index is 12.6. The number of likely N-dealkylation sites (N-methyl/N-ethyl adjacent to an activating group) is 1. The van der Waals surface area contributed by atoms with E-state index in [4.69, 9.17) is 0 Å². The van der Waals surface area contributed by atoms with Crippen LogP contribution in [0.15, 0.2) is 6.07 Å². The number of amides is 2. The Kier molecular flexibility index (Phi) is 4.50. The van der Waals surface area contributed by atoms with Crippen molar-refractivity contribution in [2.24, 2.45) is 5.41 Å². The topological polar surface area (TPSA) is 72.5 Å². The number of aromatic amines is 1. The van der Waals surface area contributed by atoms with E-state index in [-0.39, 0.29) is 11.3 Å². The normalized spacial score (nSPS) is 26.7. The van der Waals surface area contributed by atoms with Gasteiger partial charge in [-0.25, -0.2) is 0 Å². The van der Waals surface area contributed by atoms with Gasteiger partial charge in [-0.15, -0.1) is 0 Å². The molecule has 142 valence electrons. The van der Waals surface area contributed by atoms with Crippen LogP contribution in [0.5, 0.6) is 0 Å². The van der Waals surface area contributed by atoms with Gasteiger partial charge in [0.05, 0.1) is 0 Å². The average molecular weight is 359 g/mol. The number of H-pyrrole nitrogens is 1. The van der Waals surface area contributed by atoms with Crippen molar-refractivity contribution in [3.63, 3.8) is 0 Å². The summed E-state index contributed by atoms with van der Waals surface area (Å²) in [6.07, 6.45) is 4.67. The number of carbonyl (C=O) groups is 2. The van der Waals surface area contributed by atoms with Crippen LogP contribution in [-0.4, -0.2) is 82.5 Å². The van der Waals surface area contributed by atoms with Gasteiger partial charge in [-0.2, -0.15) is 5.10 Å². The van der Waals surface area contributed by atoms with Crippen molar-refractivity contribution in [3.8, 4) is 0 Å². The SMILES string of the molecule is Cc1cc(C(=O)N2CCC3(CCC(=O)N([C@@H]4CCN(C)C4)C3)CC2)n[nH]1. The standard InChI is InChI=1S/C19H29N5O2/c1-14-11-16(21-20-14)18(26)23-9-6-19(7-10-23)5-3-17(25)24(13-19)15-4-8-22(2)12-15/h11,15H,3-10,12-13H2,1-2H3,(H,20,21)/t15-/m1/s1. The molecule has 7 heteroatoms. The van der Waals surface area contributed by atoms with Crippen LogP contribution < -0.4 is 0 Å². The summed E-state index contributed by atoms with van der Waals surface area (Å²) in [4.78, 5) is 31.5. The fourth-order valence-corrected chi connectivity index (χ4v) is 4.83. The van der Waals surface area contributed by atoms with Gasteiger partial charge in [-0.05, 0) is 57.7 Å². The van der Waals surface area contributed by atoms with Crippen molar-refractivity contribution < 1.29 is 9.59 Å². The molecule has 1 N–H and O–H groups in total. The van der Waals surface area contributed by atoms with Crippen LogP contribution in [-0.2, 0) is 4.79 Å². The van der Waals surface area contributed by atoms with E-state index in [1.165, 1.54) is 0 Å². The highest BCUT2D eigenvalue weighted by atomic mass is 16.2. The van der Waals surface area contributed by atoms with Gasteiger partial charge in [0, 0.05) is 44.3 Å². The molecule has 3 aliphatic rings. The highest BCUT2D eigenvalue weighted by Gasteiger charge is 2.44. The summed E-state index contributed by atoms with van der Waals surface area (Å²) in [7, 11) is 2.13. The fourth-order valence-electron chi connectivity index (χ4n) is 4.83. The number of hydrogen-bond donors (Lipinski definition) is 1. The molecule has 1 atom stereocenters. The van der Waals surface area contributed by atoms with Gasteiger partial charge in [0.25, 0.3) is 5.91 Å². The maximum absolute atomic E-state index is 12.6. The Balaban J connectivity index is 1.39. The van der Waals surface area contributed by atoms with E-state index in [2.05, 4.69) is 27.0 Å². The molecule has 3 aliphatic heterocycles. The Labute approximate surface area is 154 Å². The zero-order chi connectivity index (χ0) is 18.3. The van der Waals surface area contributed by atoms with Crippen LogP contribution in [0.25, 0.3) is 0 Å². The van der Waals surface area contributed by atoms with E-state index < -0.39 is 0 Å². The largest absolute Gasteiger partial charge is 0.338 e. The smallest absolute Gasteiger partial charge is 0.274 e. The van der Waals surface area contributed by atoms with Gasteiger partial charge >= 0.3 is 0 Å². The molecule has 7 nitrogen and oxygen atoms in total. The van der Waals surface area contributed by atoms with Gasteiger partial charge in [0.1, 0.15) is 5.69 Å². The first-order chi connectivity index (χ1) is 12.5. The second-order valence-electron chi connectivity index (χ2n) is 8.45. The van der Waals surface area contributed by atoms with E-state index in [1.54, 1.807) is 0 Å². The third kappa shape index (κ3) is 3.24. The highest BCUT2D eigenvalue weighted by Crippen LogP contribution is 2.41. The summed E-state index contributed by atoms with van der Waals surface area (Å²) in [6, 6.07) is 2.18. The van der Waals surface area contributed by atoms with Gasteiger partial charge < -0.3 is 14.7 Å². The van der Waals surface area contributed by atoms with E-state index in [9.17, 15) is 9.59 Å². The number of aromatic nitrogens is 2. The van der Waals surface area contributed by atoms with Crippen LogP contribution in [0.2, 0.25) is 0 Å². The Morgan fingerprint density at radius 2 is 2.04 bits per heavy atom. The third-order valence-electron chi connectivity index (χ3n) is 6.54. The molecule has 2 amide bonds. The molecule has 26 heavy (non-hydrogen) atoms. The number of carbonyl (C=O) groups excluding carboxylic acids is 2. The third-order valence-corrected chi connectivity index (χ3v) is 6.54. The number of likely N-dealkylation sites (tertiary alicyclic amines) is 3. The lowest BCUT2D eigenvalue weighted by Gasteiger charge is -2.48. The van der Waals surface area contributed by atoms with Crippen molar-refractivity contribution in [1.29, 1.82) is 0 Å². The summed E-state index contributed by atoms with van der Waals surface area (Å²) in [5, 5.41) is 6.95. The predicted molar refractivity (Wildman–Crippen MR) is 97.7 cm³/mol. The first-order valence-electron chi connectivity index (χ1n) is 9.75.